The summed E-state index contributed by atoms with van der Waals surface area (Å²) in [4.78, 5) is 27.4. The number of anilines is 1. The second-order valence-electron chi connectivity index (χ2n) is 6.25. The van der Waals surface area contributed by atoms with Crippen LogP contribution in [0.25, 0.3) is 0 Å². The molecule has 0 unspecified atom stereocenters. The Labute approximate surface area is 167 Å². The number of ether oxygens (including phenoxy) is 2. The summed E-state index contributed by atoms with van der Waals surface area (Å²) in [5, 5.41) is 13.9. The summed E-state index contributed by atoms with van der Waals surface area (Å²) >= 11 is 0. The molecule has 0 saturated heterocycles. The number of amides is 1. The molecule has 2 aromatic carbocycles. The fraction of sp³-hybridized carbons (Fsp3) is 0.143. The molecule has 3 rings (SSSR count). The fourth-order valence-corrected chi connectivity index (χ4v) is 2.67. The molecule has 8 heteroatoms. The van der Waals surface area contributed by atoms with Crippen LogP contribution in [0.15, 0.2) is 54.7 Å². The number of nitrogens with zero attached hydrogens (tertiary/aromatic N) is 2. The molecule has 148 valence electrons. The van der Waals surface area contributed by atoms with Crippen LogP contribution >= 0.6 is 0 Å². The lowest BCUT2D eigenvalue weighted by Gasteiger charge is -2.13. The minimum absolute atomic E-state index is 0.0758. The minimum Gasteiger partial charge on any atom is -0.490 e. The van der Waals surface area contributed by atoms with E-state index in [0.717, 1.165) is 17.2 Å². The smallest absolute Gasteiger partial charge is 0.311 e. The molecule has 0 radical (unpaired) electrons. The molecule has 1 amide bonds. The lowest BCUT2D eigenvalue weighted by Crippen LogP contribution is -2.13. The highest BCUT2D eigenvalue weighted by molar-refractivity contribution is 6.05. The number of nitrogens with one attached hydrogen (secondary N) is 1. The highest BCUT2D eigenvalue weighted by atomic mass is 16.6. The van der Waals surface area contributed by atoms with E-state index in [1.807, 2.05) is 32.0 Å². The average Bonchev–Trinajstić information content (AvgIpc) is 2.72. The summed E-state index contributed by atoms with van der Waals surface area (Å²) in [6.45, 7) is 3.90. The van der Waals surface area contributed by atoms with E-state index in [-0.39, 0.29) is 22.9 Å². The van der Waals surface area contributed by atoms with Gasteiger partial charge in [0.2, 0.25) is 5.88 Å². The van der Waals surface area contributed by atoms with Crippen LogP contribution in [0.5, 0.6) is 17.4 Å². The van der Waals surface area contributed by atoms with E-state index in [4.69, 9.17) is 9.47 Å². The zero-order valence-corrected chi connectivity index (χ0v) is 16.1. The van der Waals surface area contributed by atoms with Gasteiger partial charge in [0.1, 0.15) is 11.4 Å². The molecule has 29 heavy (non-hydrogen) atoms. The summed E-state index contributed by atoms with van der Waals surface area (Å²) < 4.78 is 10.9. The molecule has 0 fully saturated rings. The van der Waals surface area contributed by atoms with Crippen LogP contribution in [-0.4, -0.2) is 22.9 Å². The molecular weight excluding hydrogens is 374 g/mol. The van der Waals surface area contributed by atoms with Crippen molar-refractivity contribution in [2.45, 2.75) is 13.8 Å². The van der Waals surface area contributed by atoms with Crippen molar-refractivity contribution in [3.05, 3.63) is 81.5 Å². The number of rotatable bonds is 6. The molecule has 0 spiro atoms. The van der Waals surface area contributed by atoms with Gasteiger partial charge in [0, 0.05) is 17.8 Å². The van der Waals surface area contributed by atoms with Crippen molar-refractivity contribution in [1.82, 2.24) is 4.98 Å². The number of hydrogen-bond donors (Lipinski definition) is 1. The quantitative estimate of drug-likeness (QED) is 0.482. The number of aryl methyl sites for hydroxylation is 1. The second-order valence-corrected chi connectivity index (χ2v) is 6.25. The Kier molecular flexibility index (Phi) is 5.73. The Balaban J connectivity index is 1.88. The zero-order chi connectivity index (χ0) is 21.0. The molecule has 0 atom stereocenters. The lowest BCUT2D eigenvalue weighted by atomic mass is 10.1. The van der Waals surface area contributed by atoms with Gasteiger partial charge < -0.3 is 14.8 Å². The third kappa shape index (κ3) is 4.32. The number of carbonyl (C=O) groups excluding carboxylic acids is 1. The van der Waals surface area contributed by atoms with Gasteiger partial charge >= 0.3 is 5.69 Å². The SMILES string of the molecule is COc1ccc(C(=O)Nc2cccnc2Oc2cccc(C)c2C)cc1[N+](=O)[O-]. The number of pyridine rings is 1. The molecule has 8 nitrogen and oxygen atoms in total. The van der Waals surface area contributed by atoms with Crippen LogP contribution < -0.4 is 14.8 Å². The normalized spacial score (nSPS) is 10.3. The monoisotopic (exact) mass is 393 g/mol. The van der Waals surface area contributed by atoms with Crippen molar-refractivity contribution in [2.75, 3.05) is 12.4 Å². The Morgan fingerprint density at radius 2 is 1.90 bits per heavy atom. The highest BCUT2D eigenvalue weighted by Crippen LogP contribution is 2.31. The number of nitro groups is 1. The van der Waals surface area contributed by atoms with Crippen LogP contribution in [-0.2, 0) is 0 Å². The first-order valence-electron chi connectivity index (χ1n) is 8.73. The van der Waals surface area contributed by atoms with E-state index in [1.165, 1.54) is 19.2 Å². The average molecular weight is 393 g/mol. The predicted octanol–water partition coefficient (Wildman–Crippen LogP) is 4.66. The summed E-state index contributed by atoms with van der Waals surface area (Å²) in [5.41, 5.74) is 2.19. The number of methoxy groups -OCH3 is 1. The molecule has 1 aromatic heterocycles. The standard InChI is InChI=1S/C21H19N3O5/c1-13-6-4-8-18(14(13)2)29-21-16(7-5-11-22-21)23-20(25)15-9-10-19(28-3)17(12-15)24(26)27/h4-12H,1-3H3,(H,23,25). The molecule has 1 N–H and O–H groups in total. The van der Waals surface area contributed by atoms with Gasteiger partial charge in [0.25, 0.3) is 5.91 Å². The van der Waals surface area contributed by atoms with Crippen LogP contribution in [0.4, 0.5) is 11.4 Å². The summed E-state index contributed by atoms with van der Waals surface area (Å²) in [6.07, 6.45) is 1.55. The minimum atomic E-state index is -0.602. The Morgan fingerprint density at radius 1 is 1.10 bits per heavy atom. The van der Waals surface area contributed by atoms with Crippen molar-refractivity contribution in [3.63, 3.8) is 0 Å². The number of benzene rings is 2. The lowest BCUT2D eigenvalue weighted by molar-refractivity contribution is -0.385. The molecule has 0 aliphatic carbocycles. The van der Waals surface area contributed by atoms with Gasteiger partial charge in [0.15, 0.2) is 5.75 Å². The third-order valence-corrected chi connectivity index (χ3v) is 4.42. The van der Waals surface area contributed by atoms with Crippen molar-refractivity contribution < 1.29 is 19.2 Å². The van der Waals surface area contributed by atoms with E-state index in [1.54, 1.807) is 18.3 Å². The molecule has 1 heterocycles. The largest absolute Gasteiger partial charge is 0.490 e. The molecular formula is C21H19N3O5. The first-order valence-corrected chi connectivity index (χ1v) is 8.73. The zero-order valence-electron chi connectivity index (χ0n) is 16.1. The molecule has 0 aliphatic rings. The van der Waals surface area contributed by atoms with Crippen LogP contribution in [0.3, 0.4) is 0 Å². The van der Waals surface area contributed by atoms with Crippen molar-refractivity contribution in [1.29, 1.82) is 0 Å². The van der Waals surface area contributed by atoms with Gasteiger partial charge in [-0.05, 0) is 55.3 Å². The van der Waals surface area contributed by atoms with Crippen molar-refractivity contribution in [2.24, 2.45) is 0 Å². The number of nitro benzene ring substituents is 1. The van der Waals surface area contributed by atoms with E-state index in [0.29, 0.717) is 11.4 Å². The number of hydrogen-bond acceptors (Lipinski definition) is 6. The molecule has 0 aliphatic heterocycles. The van der Waals surface area contributed by atoms with Crippen LogP contribution in [0.2, 0.25) is 0 Å². The molecule has 0 saturated carbocycles. The predicted molar refractivity (Wildman–Crippen MR) is 108 cm³/mol. The van der Waals surface area contributed by atoms with Gasteiger partial charge in [-0.2, -0.15) is 0 Å². The third-order valence-electron chi connectivity index (χ3n) is 4.42. The maximum absolute atomic E-state index is 12.7. The first-order chi connectivity index (χ1) is 13.9. The summed E-state index contributed by atoms with van der Waals surface area (Å²) in [7, 11) is 1.33. The van der Waals surface area contributed by atoms with Gasteiger partial charge in [0.05, 0.1) is 12.0 Å². The summed E-state index contributed by atoms with van der Waals surface area (Å²) in [6, 6.07) is 12.9. The highest BCUT2D eigenvalue weighted by Gasteiger charge is 2.19. The van der Waals surface area contributed by atoms with E-state index in [2.05, 4.69) is 10.3 Å². The van der Waals surface area contributed by atoms with Crippen LogP contribution in [0.1, 0.15) is 21.5 Å². The second kappa shape index (κ2) is 8.39. The Bertz CT molecular complexity index is 1080. The first kappa shape index (κ1) is 19.8. The molecule has 0 bridgehead atoms. The molecule has 3 aromatic rings. The van der Waals surface area contributed by atoms with E-state index in [9.17, 15) is 14.9 Å². The maximum Gasteiger partial charge on any atom is 0.311 e. The van der Waals surface area contributed by atoms with Crippen molar-refractivity contribution in [3.8, 4) is 17.4 Å². The topological polar surface area (TPSA) is 104 Å². The van der Waals surface area contributed by atoms with Crippen molar-refractivity contribution >= 4 is 17.3 Å². The van der Waals surface area contributed by atoms with Crippen LogP contribution in [0, 0.1) is 24.0 Å². The number of aromatic nitrogens is 1. The van der Waals surface area contributed by atoms with Gasteiger partial charge in [-0.1, -0.05) is 12.1 Å². The fourth-order valence-electron chi connectivity index (χ4n) is 2.67. The maximum atomic E-state index is 12.7. The van der Waals surface area contributed by atoms with Gasteiger partial charge in [-0.3, -0.25) is 14.9 Å². The Hall–Kier alpha value is -3.94. The van der Waals surface area contributed by atoms with Gasteiger partial charge in [-0.25, -0.2) is 4.98 Å². The Morgan fingerprint density at radius 3 is 2.62 bits per heavy atom. The van der Waals surface area contributed by atoms with E-state index < -0.39 is 10.8 Å². The number of carbonyl (C=O) groups is 1. The summed E-state index contributed by atoms with van der Waals surface area (Å²) in [5.74, 6) is 0.387. The van der Waals surface area contributed by atoms with Gasteiger partial charge in [-0.15, -0.1) is 0 Å². The van der Waals surface area contributed by atoms with E-state index >= 15 is 0 Å².